The van der Waals surface area contributed by atoms with Gasteiger partial charge >= 0.3 is 0 Å². The average Bonchev–Trinajstić information content (AvgIpc) is 3.11. The number of fused-ring (bicyclic) bond motifs is 2. The maximum absolute atomic E-state index is 12.3. The summed E-state index contributed by atoms with van der Waals surface area (Å²) in [5.74, 6) is -4.02. The van der Waals surface area contributed by atoms with E-state index >= 15 is 0 Å². The van der Waals surface area contributed by atoms with Gasteiger partial charge in [-0.3, -0.25) is 0 Å². The summed E-state index contributed by atoms with van der Waals surface area (Å²) in [6, 6.07) is 0. The quantitative estimate of drug-likeness (QED) is 0.122. The van der Waals surface area contributed by atoms with E-state index in [1.54, 1.807) is 0 Å². The predicted octanol–water partition coefficient (Wildman–Crippen LogP) is -4.39. The molecule has 0 aromatic carbocycles. The van der Waals surface area contributed by atoms with Crippen molar-refractivity contribution in [2.45, 2.75) is 180 Å². The minimum absolute atomic E-state index is 0.0209. The fraction of sp³-hybridized carbons (Fsp3) is 1.00. The highest BCUT2D eigenvalue weighted by atomic mass is 16.7. The number of ether oxygens (including phenoxy) is 4. The summed E-state index contributed by atoms with van der Waals surface area (Å²) in [7, 11) is 0. The number of hydrogen-bond acceptors (Lipinski definition) is 17. The Morgan fingerprint density at radius 2 is 1.08 bits per heavy atom. The van der Waals surface area contributed by atoms with Crippen LogP contribution < -0.4 is 0 Å². The van der Waals surface area contributed by atoms with E-state index in [1.165, 1.54) is 0 Å². The third-order valence-corrected chi connectivity index (χ3v) is 14.0. The summed E-state index contributed by atoms with van der Waals surface area (Å²) in [5, 5.41) is 141. The van der Waals surface area contributed by atoms with E-state index in [2.05, 4.69) is 0 Å². The first-order valence-corrected chi connectivity index (χ1v) is 19.6. The highest BCUT2D eigenvalue weighted by Gasteiger charge is 2.62. The molecule has 17 nitrogen and oxygen atoms in total. The van der Waals surface area contributed by atoms with Crippen molar-refractivity contribution in [3.63, 3.8) is 0 Å². The summed E-state index contributed by atoms with van der Waals surface area (Å²) < 4.78 is 25.4. The van der Waals surface area contributed by atoms with Crippen LogP contribution in [-0.2, 0) is 18.9 Å². The average molecular weight is 765 g/mol. The summed E-state index contributed by atoms with van der Waals surface area (Å²) in [4.78, 5) is 0. The van der Waals surface area contributed by atoms with Gasteiger partial charge < -0.3 is 85.3 Å². The molecule has 4 saturated carbocycles. The van der Waals surface area contributed by atoms with Gasteiger partial charge in [0.1, 0.15) is 24.4 Å². The molecule has 306 valence electrons. The maximum Gasteiger partial charge on any atom is 0.187 e. The zero-order valence-electron chi connectivity index (χ0n) is 29.7. The van der Waals surface area contributed by atoms with Crippen molar-refractivity contribution in [2.75, 3.05) is 6.61 Å². The second-order valence-corrected chi connectivity index (χ2v) is 17.2. The molecule has 0 radical (unpaired) electrons. The summed E-state index contributed by atoms with van der Waals surface area (Å²) in [6.45, 7) is -0.676. The van der Waals surface area contributed by atoms with Crippen LogP contribution in [0.1, 0.15) is 64.2 Å². The van der Waals surface area contributed by atoms with Gasteiger partial charge in [-0.2, -0.15) is 0 Å². The molecule has 3 saturated heterocycles. The molecular weight excluding hydrogens is 704 g/mol. The van der Waals surface area contributed by atoms with Crippen molar-refractivity contribution in [1.29, 1.82) is 0 Å². The Morgan fingerprint density at radius 1 is 0.453 bits per heavy atom. The van der Waals surface area contributed by atoms with Gasteiger partial charge in [0.15, 0.2) is 6.29 Å². The second-order valence-electron chi connectivity index (χ2n) is 17.2. The molecule has 0 aromatic rings. The highest BCUT2D eigenvalue weighted by molar-refractivity contribution is 5.10. The van der Waals surface area contributed by atoms with Gasteiger partial charge in [-0.1, -0.05) is 0 Å². The van der Waals surface area contributed by atoms with Crippen LogP contribution in [0, 0.1) is 35.5 Å². The van der Waals surface area contributed by atoms with Gasteiger partial charge in [0.05, 0.1) is 92.1 Å². The molecule has 53 heavy (non-hydrogen) atoms. The molecule has 0 spiro atoms. The van der Waals surface area contributed by atoms with Crippen molar-refractivity contribution in [3.05, 3.63) is 0 Å². The third-order valence-electron chi connectivity index (χ3n) is 14.0. The van der Waals surface area contributed by atoms with Gasteiger partial charge in [0.2, 0.25) is 0 Å². The van der Waals surface area contributed by atoms with Crippen LogP contribution in [0.25, 0.3) is 0 Å². The first-order valence-electron chi connectivity index (χ1n) is 19.6. The van der Waals surface area contributed by atoms with Crippen LogP contribution >= 0.6 is 0 Å². The standard InChI is InChI=1S/C36H60O17/c37-11-25-29(46)31(48)32(49)36(52-25)51-24-9-15-18(41)10-22(45)27(35(15)53-33(24)12-1-3-16(39)19(42)5-12)28-26-21(44)7-14(38)8-23(26)50-34(30(28)47)13-2-4-17(40)20(43)6-13/h12-49H,1-11H2. The van der Waals surface area contributed by atoms with Crippen molar-refractivity contribution in [2.24, 2.45) is 35.5 Å². The van der Waals surface area contributed by atoms with Crippen molar-refractivity contribution >= 4 is 0 Å². The van der Waals surface area contributed by atoms with Gasteiger partial charge in [0, 0.05) is 23.7 Å². The minimum atomic E-state index is -1.72. The fourth-order valence-corrected chi connectivity index (χ4v) is 11.2. The zero-order chi connectivity index (χ0) is 38.0. The first kappa shape index (κ1) is 40.5. The predicted molar refractivity (Wildman–Crippen MR) is 177 cm³/mol. The van der Waals surface area contributed by atoms with Crippen molar-refractivity contribution in [1.82, 2.24) is 0 Å². The Labute approximate surface area is 307 Å². The van der Waals surface area contributed by atoms with E-state index in [4.69, 9.17) is 18.9 Å². The Balaban J connectivity index is 1.22. The Kier molecular flexibility index (Phi) is 12.5. The minimum Gasteiger partial charge on any atom is -0.394 e. The second kappa shape index (κ2) is 16.3. The Bertz CT molecular complexity index is 1210. The molecule has 25 atom stereocenters. The van der Waals surface area contributed by atoms with E-state index in [-0.39, 0.29) is 57.3 Å². The maximum atomic E-state index is 12.3. The summed E-state index contributed by atoms with van der Waals surface area (Å²) >= 11 is 0. The smallest absolute Gasteiger partial charge is 0.187 e. The number of hydrogen-bond donors (Lipinski definition) is 13. The van der Waals surface area contributed by atoms with Crippen molar-refractivity contribution in [3.8, 4) is 0 Å². The van der Waals surface area contributed by atoms with E-state index in [0.29, 0.717) is 12.8 Å². The Hall–Kier alpha value is -0.680. The number of aliphatic hydroxyl groups is 13. The third kappa shape index (κ3) is 7.70. The molecule has 17 heteroatoms. The molecule has 7 aliphatic rings. The number of rotatable bonds is 6. The first-order chi connectivity index (χ1) is 25.2. The molecule has 0 aromatic heterocycles. The fourth-order valence-electron chi connectivity index (χ4n) is 11.2. The highest BCUT2D eigenvalue weighted by Crippen LogP contribution is 2.54. The lowest BCUT2D eigenvalue weighted by Gasteiger charge is -2.59. The SMILES string of the molecule is OCC1OC(OC2CC3C(O)CC(O)C(C4C(O)C(C5CCC(O)C(O)C5)OC5CC(O)CC(O)C54)C3OC2C2CCC(O)C(O)C2)C(O)C(O)C1O. The van der Waals surface area contributed by atoms with Gasteiger partial charge in [-0.05, 0) is 76.0 Å². The van der Waals surface area contributed by atoms with Crippen molar-refractivity contribution < 1.29 is 85.3 Å². The van der Waals surface area contributed by atoms with Gasteiger partial charge in [0.25, 0.3) is 0 Å². The van der Waals surface area contributed by atoms with Crippen LogP contribution in [0.5, 0.6) is 0 Å². The molecule has 3 heterocycles. The lowest BCUT2D eigenvalue weighted by molar-refractivity contribution is -0.340. The topological polar surface area (TPSA) is 300 Å². The summed E-state index contributed by atoms with van der Waals surface area (Å²) in [6.07, 6.45) is -20.0. The van der Waals surface area contributed by atoms with E-state index in [1.807, 2.05) is 0 Å². The Morgan fingerprint density at radius 3 is 1.70 bits per heavy atom. The van der Waals surface area contributed by atoms with E-state index in [0.717, 1.165) is 0 Å². The molecule has 3 aliphatic heterocycles. The summed E-state index contributed by atoms with van der Waals surface area (Å²) in [5.41, 5.74) is 0. The van der Waals surface area contributed by atoms with Gasteiger partial charge in [-0.15, -0.1) is 0 Å². The molecule has 25 unspecified atom stereocenters. The van der Waals surface area contributed by atoms with Crippen LogP contribution in [0.4, 0.5) is 0 Å². The zero-order valence-corrected chi connectivity index (χ0v) is 29.7. The number of aliphatic hydroxyl groups excluding tert-OH is 13. The molecular formula is C36H60O17. The van der Waals surface area contributed by atoms with Crippen LogP contribution in [0.2, 0.25) is 0 Å². The molecule has 0 bridgehead atoms. The largest absolute Gasteiger partial charge is 0.394 e. The van der Waals surface area contributed by atoms with Crippen LogP contribution in [-0.4, -0.2) is 189 Å². The molecule has 0 amide bonds. The lowest BCUT2D eigenvalue weighted by Crippen LogP contribution is -2.68. The lowest BCUT2D eigenvalue weighted by atomic mass is 9.57. The van der Waals surface area contributed by atoms with Crippen LogP contribution in [0.3, 0.4) is 0 Å². The molecule has 7 fully saturated rings. The normalized spacial score (nSPS) is 58.0. The molecule has 4 aliphatic carbocycles. The van der Waals surface area contributed by atoms with Gasteiger partial charge in [-0.25, -0.2) is 0 Å². The van der Waals surface area contributed by atoms with Crippen LogP contribution in [0.15, 0.2) is 0 Å². The molecule has 13 N–H and O–H groups in total. The van der Waals surface area contributed by atoms with E-state index in [9.17, 15) is 66.4 Å². The monoisotopic (exact) mass is 764 g/mol. The molecule has 7 rings (SSSR count). The van der Waals surface area contributed by atoms with E-state index < -0.39 is 152 Å².